The average Bonchev–Trinajstić information content (AvgIpc) is 3.49. The van der Waals surface area contributed by atoms with E-state index in [-0.39, 0.29) is 0 Å². The number of hydrogen-bond donors (Lipinski definition) is 0. The van der Waals surface area contributed by atoms with Crippen LogP contribution in [-0.2, 0) is 0 Å². The lowest BCUT2D eigenvalue weighted by Gasteiger charge is -2.12. The van der Waals surface area contributed by atoms with Crippen molar-refractivity contribution in [2.75, 3.05) is 0 Å². The fourth-order valence-corrected chi connectivity index (χ4v) is 6.74. The number of fused-ring (bicyclic) bond motifs is 8. The minimum absolute atomic E-state index is 1.10. The summed E-state index contributed by atoms with van der Waals surface area (Å²) >= 11 is 1.77. The summed E-state index contributed by atoms with van der Waals surface area (Å²) in [5.74, 6) is 0. The molecule has 36 heavy (non-hydrogen) atoms. The maximum Gasteiger partial charge on any atom is 0.125 e. The maximum atomic E-state index is 4.86. The highest BCUT2D eigenvalue weighted by Crippen LogP contribution is 2.41. The molecule has 0 aliphatic rings. The molecule has 8 aromatic rings. The molecule has 2 nitrogen and oxygen atoms in total. The largest absolute Gasteiger partial charge is 0.309 e. The predicted molar refractivity (Wildman–Crippen MR) is 154 cm³/mol. The van der Waals surface area contributed by atoms with E-state index in [9.17, 15) is 0 Å². The van der Waals surface area contributed by atoms with Crippen LogP contribution >= 0.6 is 11.3 Å². The van der Waals surface area contributed by atoms with Crippen molar-refractivity contribution >= 4 is 64.2 Å². The van der Waals surface area contributed by atoms with Gasteiger partial charge in [-0.25, -0.2) is 4.98 Å². The third-order valence-electron chi connectivity index (χ3n) is 7.24. The van der Waals surface area contributed by atoms with Crippen molar-refractivity contribution in [1.82, 2.24) is 9.55 Å². The molecule has 3 heteroatoms. The van der Waals surface area contributed by atoms with Gasteiger partial charge >= 0.3 is 0 Å². The van der Waals surface area contributed by atoms with Crippen molar-refractivity contribution in [2.24, 2.45) is 0 Å². The molecule has 8 rings (SSSR count). The van der Waals surface area contributed by atoms with E-state index in [1.165, 1.54) is 64.9 Å². The van der Waals surface area contributed by atoms with Gasteiger partial charge in [-0.3, -0.25) is 0 Å². The fourth-order valence-electron chi connectivity index (χ4n) is 5.67. The Kier molecular flexibility index (Phi) is 4.13. The summed E-state index contributed by atoms with van der Waals surface area (Å²) in [6, 6.07) is 41.5. The summed E-state index contributed by atoms with van der Waals surface area (Å²) < 4.78 is 3.69. The smallest absolute Gasteiger partial charge is 0.125 e. The molecule has 0 bridgehead atoms. The number of thiophene rings is 1. The zero-order valence-corrected chi connectivity index (χ0v) is 20.2. The third-order valence-corrected chi connectivity index (χ3v) is 8.32. The molecule has 3 aromatic heterocycles. The number of para-hydroxylation sites is 3. The molecule has 0 amide bonds. The first-order chi connectivity index (χ1) is 17.9. The Labute approximate surface area is 211 Å². The van der Waals surface area contributed by atoms with E-state index >= 15 is 0 Å². The molecule has 0 saturated carbocycles. The van der Waals surface area contributed by atoms with Crippen molar-refractivity contribution < 1.29 is 0 Å². The van der Waals surface area contributed by atoms with Gasteiger partial charge in [0.05, 0.1) is 11.0 Å². The molecule has 0 aliphatic heterocycles. The van der Waals surface area contributed by atoms with E-state index in [4.69, 9.17) is 4.98 Å². The summed E-state index contributed by atoms with van der Waals surface area (Å²) in [5.41, 5.74) is 6.06. The predicted octanol–water partition coefficient (Wildman–Crippen LogP) is 9.37. The van der Waals surface area contributed by atoms with Gasteiger partial charge in [0.2, 0.25) is 0 Å². The summed E-state index contributed by atoms with van der Waals surface area (Å²) in [7, 11) is 0. The molecule has 0 radical (unpaired) electrons. The molecule has 0 spiro atoms. The van der Waals surface area contributed by atoms with Crippen LogP contribution in [0, 0.1) is 0 Å². The van der Waals surface area contributed by atoms with Crippen LogP contribution in [0.1, 0.15) is 0 Å². The van der Waals surface area contributed by atoms with Gasteiger partial charge in [-0.2, -0.15) is 0 Å². The normalized spacial score (nSPS) is 11.9. The number of rotatable bonds is 2. The second-order valence-corrected chi connectivity index (χ2v) is 10.3. The topological polar surface area (TPSA) is 17.8 Å². The zero-order valence-electron chi connectivity index (χ0n) is 19.3. The molecule has 0 fully saturated rings. The molecule has 0 N–H and O–H groups in total. The highest BCUT2D eigenvalue weighted by molar-refractivity contribution is 7.25. The fraction of sp³-hybridized carbons (Fsp3) is 0. The Hall–Kier alpha value is -4.47. The summed E-state index contributed by atoms with van der Waals surface area (Å²) in [5, 5.41) is 7.52. The van der Waals surface area contributed by atoms with E-state index in [0.29, 0.717) is 0 Å². The summed E-state index contributed by atoms with van der Waals surface area (Å²) in [6.07, 6.45) is 2.03. The quantitative estimate of drug-likeness (QED) is 0.243. The lowest BCUT2D eigenvalue weighted by atomic mass is 9.98. The molecule has 0 saturated heterocycles. The highest BCUT2D eigenvalue weighted by atomic mass is 32.1. The van der Waals surface area contributed by atoms with Gasteiger partial charge in [-0.1, -0.05) is 84.9 Å². The van der Waals surface area contributed by atoms with E-state index in [1.54, 1.807) is 11.3 Å². The van der Waals surface area contributed by atoms with E-state index < -0.39 is 0 Å². The molecule has 168 valence electrons. The van der Waals surface area contributed by atoms with E-state index in [2.05, 4.69) is 120 Å². The van der Waals surface area contributed by atoms with Crippen LogP contribution in [0.3, 0.4) is 0 Å². The van der Waals surface area contributed by atoms with Crippen LogP contribution in [0.25, 0.3) is 69.7 Å². The summed E-state index contributed by atoms with van der Waals surface area (Å²) in [6.45, 7) is 0. The standard InChI is InChI=1S/C33H20N2S/c1-2-9-23(10-3-1)35-29-15-6-4-11-26(29)27-14-8-13-25(32(27)35)21-17-18-24-22(19-21)20-34-33-31(24)28-12-5-7-16-30(28)36-33/h1-20H. The van der Waals surface area contributed by atoms with Crippen LogP contribution in [-0.4, -0.2) is 9.55 Å². The minimum Gasteiger partial charge on any atom is -0.309 e. The Bertz CT molecular complexity index is 2100. The molecule has 0 atom stereocenters. The average molecular weight is 477 g/mol. The number of hydrogen-bond acceptors (Lipinski definition) is 2. The second-order valence-electron chi connectivity index (χ2n) is 9.23. The highest BCUT2D eigenvalue weighted by Gasteiger charge is 2.17. The first-order valence-corrected chi connectivity index (χ1v) is 13.0. The van der Waals surface area contributed by atoms with Crippen molar-refractivity contribution in [1.29, 1.82) is 0 Å². The van der Waals surface area contributed by atoms with Crippen LogP contribution in [0.5, 0.6) is 0 Å². The van der Waals surface area contributed by atoms with E-state index in [1.807, 2.05) is 6.20 Å². The van der Waals surface area contributed by atoms with E-state index in [0.717, 1.165) is 4.83 Å². The second kappa shape index (κ2) is 7.51. The third kappa shape index (κ3) is 2.75. The monoisotopic (exact) mass is 476 g/mol. The van der Waals surface area contributed by atoms with Crippen molar-refractivity contribution in [2.45, 2.75) is 0 Å². The van der Waals surface area contributed by atoms with Crippen LogP contribution in [0.4, 0.5) is 0 Å². The Morgan fingerprint density at radius 3 is 2.31 bits per heavy atom. The van der Waals surface area contributed by atoms with Gasteiger partial charge in [-0.15, -0.1) is 11.3 Å². The molecular formula is C33H20N2S. The molecule has 0 aliphatic carbocycles. The van der Waals surface area contributed by atoms with Gasteiger partial charge < -0.3 is 4.57 Å². The van der Waals surface area contributed by atoms with Crippen LogP contribution in [0.15, 0.2) is 121 Å². The Morgan fingerprint density at radius 2 is 1.39 bits per heavy atom. The van der Waals surface area contributed by atoms with Crippen molar-refractivity contribution in [3.05, 3.63) is 121 Å². The van der Waals surface area contributed by atoms with Gasteiger partial charge in [-0.05, 0) is 41.3 Å². The summed E-state index contributed by atoms with van der Waals surface area (Å²) in [4.78, 5) is 5.96. The first kappa shape index (κ1) is 19.8. The van der Waals surface area contributed by atoms with Gasteiger partial charge in [0.1, 0.15) is 4.83 Å². The minimum atomic E-state index is 1.10. The molecule has 3 heterocycles. The number of nitrogens with zero attached hydrogens (tertiary/aromatic N) is 2. The van der Waals surface area contributed by atoms with Crippen molar-refractivity contribution in [3.8, 4) is 16.8 Å². The van der Waals surface area contributed by atoms with Gasteiger partial charge in [0.25, 0.3) is 0 Å². The SMILES string of the molecule is c1ccc(-n2c3ccccc3c3cccc(-c4ccc5c(cnc6sc7ccccc7c65)c4)c32)cc1. The Morgan fingerprint density at radius 1 is 0.611 bits per heavy atom. The van der Waals surface area contributed by atoms with Gasteiger partial charge in [0, 0.05) is 49.1 Å². The zero-order chi connectivity index (χ0) is 23.6. The molecule has 0 unspecified atom stereocenters. The van der Waals surface area contributed by atoms with Gasteiger partial charge in [0.15, 0.2) is 0 Å². The lowest BCUT2D eigenvalue weighted by molar-refractivity contribution is 1.18. The molecular weight excluding hydrogens is 456 g/mol. The number of benzene rings is 5. The number of aromatic nitrogens is 2. The Balaban J connectivity index is 1.45. The number of pyridine rings is 1. The van der Waals surface area contributed by atoms with Crippen LogP contribution < -0.4 is 0 Å². The molecule has 5 aromatic carbocycles. The van der Waals surface area contributed by atoms with Crippen molar-refractivity contribution in [3.63, 3.8) is 0 Å². The maximum absolute atomic E-state index is 4.86. The lowest BCUT2D eigenvalue weighted by Crippen LogP contribution is -1.95. The first-order valence-electron chi connectivity index (χ1n) is 12.1. The van der Waals surface area contributed by atoms with Crippen LogP contribution in [0.2, 0.25) is 0 Å².